The van der Waals surface area contributed by atoms with E-state index in [1.54, 1.807) is 24.4 Å². The van der Waals surface area contributed by atoms with Crippen LogP contribution >= 0.6 is 11.6 Å². The topological polar surface area (TPSA) is 17.2 Å². The van der Waals surface area contributed by atoms with Gasteiger partial charge in [-0.15, -0.1) is 0 Å². The lowest BCUT2D eigenvalue weighted by molar-refractivity contribution is 1.33. The largest absolute Gasteiger partial charge is 0.256 e. The molecule has 0 aliphatic heterocycles. The summed E-state index contributed by atoms with van der Waals surface area (Å²) in [6.45, 7) is 6.93. The Kier molecular flexibility index (Phi) is 2.66. The zero-order valence-electron chi connectivity index (χ0n) is 7.81. The van der Waals surface area contributed by atoms with Gasteiger partial charge in [-0.1, -0.05) is 29.8 Å². The van der Waals surface area contributed by atoms with E-state index in [-0.39, 0.29) is 0 Å². The van der Waals surface area contributed by atoms with E-state index in [0.29, 0.717) is 10.7 Å². The maximum absolute atomic E-state index is 6.93. The van der Waals surface area contributed by atoms with E-state index in [1.165, 1.54) is 0 Å². The minimum absolute atomic E-state index is 0.569. The molecule has 0 radical (unpaired) electrons. The van der Waals surface area contributed by atoms with Gasteiger partial charge in [0.1, 0.15) is 0 Å². The van der Waals surface area contributed by atoms with Crippen LogP contribution in [0.3, 0.4) is 0 Å². The highest BCUT2D eigenvalue weighted by molar-refractivity contribution is 6.33. The maximum Gasteiger partial charge on any atom is 0.188 e. The van der Waals surface area contributed by atoms with E-state index in [2.05, 4.69) is 9.83 Å². The second kappa shape index (κ2) is 4.12. The average Bonchev–Trinajstić information content (AvgIpc) is 2.31. The third-order valence-electron chi connectivity index (χ3n) is 2.02. The van der Waals surface area contributed by atoms with E-state index >= 15 is 0 Å². The number of pyridine rings is 1. The molecular weight excluding hydrogens is 208 g/mol. The van der Waals surface area contributed by atoms with Crippen molar-refractivity contribution in [2.75, 3.05) is 0 Å². The molecule has 1 heterocycles. The molecule has 0 fully saturated rings. The molecule has 0 saturated carbocycles. The summed E-state index contributed by atoms with van der Waals surface area (Å²) in [5.41, 5.74) is 2.15. The SMILES string of the molecule is [C-]#[N+]c1ccc(Cl)c(-c2ccccn2)c1. The van der Waals surface area contributed by atoms with Crippen molar-refractivity contribution in [2.45, 2.75) is 0 Å². The molecule has 0 bridgehead atoms. The molecule has 0 aliphatic carbocycles. The lowest BCUT2D eigenvalue weighted by Gasteiger charge is -2.03. The molecule has 1 aromatic heterocycles. The second-order valence-corrected chi connectivity index (χ2v) is 3.40. The van der Waals surface area contributed by atoms with Crippen molar-refractivity contribution in [3.05, 3.63) is 59.0 Å². The van der Waals surface area contributed by atoms with Crippen molar-refractivity contribution < 1.29 is 0 Å². The van der Waals surface area contributed by atoms with Gasteiger partial charge in [0.05, 0.1) is 12.3 Å². The summed E-state index contributed by atoms with van der Waals surface area (Å²) in [5, 5.41) is 0.612. The number of aromatic nitrogens is 1. The molecule has 1 aromatic carbocycles. The molecule has 72 valence electrons. The van der Waals surface area contributed by atoms with Crippen molar-refractivity contribution in [3.8, 4) is 11.3 Å². The zero-order chi connectivity index (χ0) is 10.7. The summed E-state index contributed by atoms with van der Waals surface area (Å²) in [6, 6.07) is 10.8. The van der Waals surface area contributed by atoms with Crippen molar-refractivity contribution in [1.29, 1.82) is 0 Å². The molecule has 0 aliphatic rings. The van der Waals surface area contributed by atoms with Crippen LogP contribution in [0, 0.1) is 6.57 Å². The lowest BCUT2D eigenvalue weighted by Crippen LogP contribution is -1.82. The Morgan fingerprint density at radius 2 is 2.07 bits per heavy atom. The zero-order valence-corrected chi connectivity index (χ0v) is 8.57. The monoisotopic (exact) mass is 214 g/mol. The predicted molar refractivity (Wildman–Crippen MR) is 60.9 cm³/mol. The smallest absolute Gasteiger partial charge is 0.188 e. The Hall–Kier alpha value is -1.85. The van der Waals surface area contributed by atoms with E-state index < -0.39 is 0 Å². The fourth-order valence-electron chi connectivity index (χ4n) is 1.30. The molecule has 15 heavy (non-hydrogen) atoms. The third-order valence-corrected chi connectivity index (χ3v) is 2.35. The third kappa shape index (κ3) is 1.98. The average molecular weight is 215 g/mol. The summed E-state index contributed by atoms with van der Waals surface area (Å²) >= 11 is 6.04. The fourth-order valence-corrected chi connectivity index (χ4v) is 1.52. The Labute approximate surface area is 93.0 Å². The first kappa shape index (κ1) is 9.70. The minimum Gasteiger partial charge on any atom is -0.256 e. The fraction of sp³-hybridized carbons (Fsp3) is 0. The summed E-state index contributed by atoms with van der Waals surface area (Å²) in [5.74, 6) is 0. The molecule has 0 N–H and O–H groups in total. The Morgan fingerprint density at radius 1 is 1.20 bits per heavy atom. The van der Waals surface area contributed by atoms with Crippen molar-refractivity contribution >= 4 is 17.3 Å². The van der Waals surface area contributed by atoms with Crippen LogP contribution in [0.2, 0.25) is 5.02 Å². The van der Waals surface area contributed by atoms with Gasteiger partial charge < -0.3 is 0 Å². The summed E-state index contributed by atoms with van der Waals surface area (Å²) < 4.78 is 0. The van der Waals surface area contributed by atoms with Crippen LogP contribution in [0.15, 0.2) is 42.6 Å². The number of benzene rings is 1. The molecule has 3 heteroatoms. The van der Waals surface area contributed by atoms with Crippen molar-refractivity contribution in [2.24, 2.45) is 0 Å². The molecule has 0 atom stereocenters. The number of halogens is 1. The lowest BCUT2D eigenvalue weighted by atomic mass is 10.1. The minimum atomic E-state index is 0.569. The van der Waals surface area contributed by atoms with E-state index in [4.69, 9.17) is 18.2 Å². The van der Waals surface area contributed by atoms with Crippen LogP contribution in [0.25, 0.3) is 16.1 Å². The Morgan fingerprint density at radius 3 is 2.73 bits per heavy atom. The van der Waals surface area contributed by atoms with Gasteiger partial charge in [0.25, 0.3) is 0 Å². The number of nitrogens with zero attached hydrogens (tertiary/aromatic N) is 2. The van der Waals surface area contributed by atoms with E-state index in [0.717, 1.165) is 11.3 Å². The predicted octanol–water partition coefficient (Wildman–Crippen LogP) is 3.95. The van der Waals surface area contributed by atoms with Gasteiger partial charge in [0, 0.05) is 16.8 Å². The molecule has 0 amide bonds. The molecular formula is C12H7ClN2. The van der Waals surface area contributed by atoms with Crippen LogP contribution in [0.4, 0.5) is 5.69 Å². The normalized spacial score (nSPS) is 9.60. The summed E-state index contributed by atoms with van der Waals surface area (Å²) in [4.78, 5) is 7.56. The van der Waals surface area contributed by atoms with Crippen molar-refractivity contribution in [3.63, 3.8) is 0 Å². The van der Waals surface area contributed by atoms with E-state index in [9.17, 15) is 0 Å². The molecule has 0 unspecified atom stereocenters. The molecule has 0 saturated heterocycles. The van der Waals surface area contributed by atoms with Crippen LogP contribution < -0.4 is 0 Å². The van der Waals surface area contributed by atoms with Gasteiger partial charge in [0.15, 0.2) is 5.69 Å². The van der Waals surface area contributed by atoms with Crippen LogP contribution in [0.1, 0.15) is 0 Å². The van der Waals surface area contributed by atoms with Crippen LogP contribution in [-0.2, 0) is 0 Å². The van der Waals surface area contributed by atoms with Gasteiger partial charge in [0.2, 0.25) is 0 Å². The first-order chi connectivity index (χ1) is 7.31. The van der Waals surface area contributed by atoms with Gasteiger partial charge in [-0.3, -0.25) is 4.98 Å². The number of hydrogen-bond acceptors (Lipinski definition) is 1. The number of hydrogen-bond donors (Lipinski definition) is 0. The molecule has 2 aromatic rings. The highest BCUT2D eigenvalue weighted by Gasteiger charge is 2.04. The van der Waals surface area contributed by atoms with E-state index in [1.807, 2.05) is 18.2 Å². The van der Waals surface area contributed by atoms with Crippen LogP contribution in [-0.4, -0.2) is 4.98 Å². The second-order valence-electron chi connectivity index (χ2n) is 2.99. The summed E-state index contributed by atoms with van der Waals surface area (Å²) in [7, 11) is 0. The summed E-state index contributed by atoms with van der Waals surface area (Å²) in [6.07, 6.45) is 1.70. The standard InChI is InChI=1S/C12H7ClN2/c1-14-9-5-6-11(13)10(8-9)12-4-2-3-7-15-12/h2-8H. The van der Waals surface area contributed by atoms with Gasteiger partial charge in [-0.05, 0) is 18.2 Å². The first-order valence-electron chi connectivity index (χ1n) is 4.39. The maximum atomic E-state index is 6.93. The molecule has 2 rings (SSSR count). The van der Waals surface area contributed by atoms with Gasteiger partial charge >= 0.3 is 0 Å². The van der Waals surface area contributed by atoms with Crippen LogP contribution in [0.5, 0.6) is 0 Å². The molecule has 2 nitrogen and oxygen atoms in total. The Balaban J connectivity index is 2.58. The first-order valence-corrected chi connectivity index (χ1v) is 4.77. The quantitative estimate of drug-likeness (QED) is 0.657. The number of rotatable bonds is 1. The molecule has 0 spiro atoms. The van der Waals surface area contributed by atoms with Crippen molar-refractivity contribution in [1.82, 2.24) is 4.98 Å². The highest BCUT2D eigenvalue weighted by Crippen LogP contribution is 2.30. The van der Waals surface area contributed by atoms with Gasteiger partial charge in [-0.25, -0.2) is 4.85 Å². The van der Waals surface area contributed by atoms with Gasteiger partial charge in [-0.2, -0.15) is 0 Å². The Bertz CT molecular complexity index is 515. The highest BCUT2D eigenvalue weighted by atomic mass is 35.5.